The van der Waals surface area contributed by atoms with Gasteiger partial charge in [-0.15, -0.1) is 0 Å². The molecule has 176 valence electrons. The van der Waals surface area contributed by atoms with E-state index in [4.69, 9.17) is 9.47 Å². The molecule has 0 amide bonds. The summed E-state index contributed by atoms with van der Waals surface area (Å²) < 4.78 is 10.5. The normalized spacial score (nSPS) is 13.5. The molecule has 0 fully saturated rings. The van der Waals surface area contributed by atoms with Crippen LogP contribution in [0.3, 0.4) is 0 Å². The minimum Gasteiger partial charge on any atom is -0.496 e. The van der Waals surface area contributed by atoms with Crippen LogP contribution in [0.4, 0.5) is 0 Å². The van der Waals surface area contributed by atoms with Crippen LogP contribution in [-0.4, -0.2) is 41.4 Å². The van der Waals surface area contributed by atoms with Crippen molar-refractivity contribution in [2.75, 3.05) is 14.2 Å². The SMILES string of the molecule is CCCC(c1ccc(C(=O)OC)cc1OC)c1c[nH]c2ccc(C(O)C(C)(C)C(=O)O)cc12. The van der Waals surface area contributed by atoms with E-state index in [2.05, 4.69) is 11.9 Å². The van der Waals surface area contributed by atoms with Crippen molar-refractivity contribution in [1.82, 2.24) is 4.98 Å². The van der Waals surface area contributed by atoms with Crippen molar-refractivity contribution >= 4 is 22.8 Å². The van der Waals surface area contributed by atoms with Crippen LogP contribution in [0, 0.1) is 5.41 Å². The van der Waals surface area contributed by atoms with Crippen LogP contribution in [0.1, 0.15) is 72.7 Å². The number of benzene rings is 2. The number of fused-ring (bicyclic) bond motifs is 1. The number of hydrogen-bond donors (Lipinski definition) is 3. The lowest BCUT2D eigenvalue weighted by Gasteiger charge is -2.26. The molecule has 0 spiro atoms. The summed E-state index contributed by atoms with van der Waals surface area (Å²) in [4.78, 5) is 26.9. The molecule has 0 aliphatic rings. The molecule has 0 radical (unpaired) electrons. The van der Waals surface area contributed by atoms with Crippen LogP contribution in [0.15, 0.2) is 42.6 Å². The summed E-state index contributed by atoms with van der Waals surface area (Å²) in [6.07, 6.45) is 2.51. The molecule has 3 aromatic rings. The highest BCUT2D eigenvalue weighted by molar-refractivity contribution is 5.90. The number of carboxylic acid groups (broad SMARTS) is 1. The zero-order chi connectivity index (χ0) is 24.3. The third-order valence-electron chi connectivity index (χ3n) is 6.27. The number of carboxylic acids is 1. The van der Waals surface area contributed by atoms with Gasteiger partial charge in [-0.2, -0.15) is 0 Å². The van der Waals surface area contributed by atoms with Crippen molar-refractivity contribution < 1.29 is 29.3 Å². The summed E-state index contributed by atoms with van der Waals surface area (Å²) in [6.45, 7) is 5.12. The van der Waals surface area contributed by atoms with E-state index in [1.165, 1.54) is 21.0 Å². The van der Waals surface area contributed by atoms with Gasteiger partial charge in [0.2, 0.25) is 0 Å². The van der Waals surface area contributed by atoms with Crippen LogP contribution >= 0.6 is 0 Å². The zero-order valence-electron chi connectivity index (χ0n) is 19.6. The van der Waals surface area contributed by atoms with Crippen LogP contribution in [0.5, 0.6) is 5.75 Å². The smallest absolute Gasteiger partial charge is 0.337 e. The highest BCUT2D eigenvalue weighted by Crippen LogP contribution is 2.41. The lowest BCUT2D eigenvalue weighted by molar-refractivity contribution is -0.153. The zero-order valence-corrected chi connectivity index (χ0v) is 19.6. The van der Waals surface area contributed by atoms with E-state index in [0.717, 1.165) is 34.9 Å². The number of aliphatic carboxylic acids is 1. The van der Waals surface area contributed by atoms with E-state index in [-0.39, 0.29) is 5.92 Å². The lowest BCUT2D eigenvalue weighted by Crippen LogP contribution is -2.31. The van der Waals surface area contributed by atoms with Gasteiger partial charge in [0.1, 0.15) is 5.75 Å². The molecule has 7 heteroatoms. The van der Waals surface area contributed by atoms with Gasteiger partial charge in [0, 0.05) is 28.6 Å². The van der Waals surface area contributed by atoms with E-state index >= 15 is 0 Å². The number of H-pyrrole nitrogens is 1. The number of carbonyl (C=O) groups is 2. The Morgan fingerprint density at radius 1 is 1.09 bits per heavy atom. The summed E-state index contributed by atoms with van der Waals surface area (Å²) in [5.74, 6) is -0.943. The van der Waals surface area contributed by atoms with Gasteiger partial charge in [0.25, 0.3) is 0 Å². The fourth-order valence-electron chi connectivity index (χ4n) is 4.16. The standard InChI is InChI=1S/C26H31NO6/c1-6-7-17(18-10-8-16(24(29)33-5)13-22(18)32-4)20-14-27-21-11-9-15(12-19(20)21)23(28)26(2,3)25(30)31/h8-14,17,23,27-28H,6-7H2,1-5H3,(H,30,31). The van der Waals surface area contributed by atoms with E-state index in [9.17, 15) is 19.8 Å². The molecule has 0 saturated carbocycles. The van der Waals surface area contributed by atoms with Gasteiger partial charge < -0.3 is 24.7 Å². The number of ether oxygens (including phenoxy) is 2. The van der Waals surface area contributed by atoms with E-state index in [1.54, 1.807) is 25.3 Å². The molecular formula is C26H31NO6. The van der Waals surface area contributed by atoms with Gasteiger partial charge in [-0.3, -0.25) is 4.79 Å². The van der Waals surface area contributed by atoms with Crippen molar-refractivity contribution in [1.29, 1.82) is 0 Å². The van der Waals surface area contributed by atoms with Crippen LogP contribution in [0.25, 0.3) is 10.9 Å². The van der Waals surface area contributed by atoms with Gasteiger partial charge >= 0.3 is 11.9 Å². The Balaban J connectivity index is 2.12. The molecule has 0 bridgehead atoms. The lowest BCUT2D eigenvalue weighted by atomic mass is 9.81. The molecule has 2 unspecified atom stereocenters. The summed E-state index contributed by atoms with van der Waals surface area (Å²) in [7, 11) is 2.91. The van der Waals surface area contributed by atoms with E-state index in [0.29, 0.717) is 16.9 Å². The number of nitrogens with one attached hydrogen (secondary N) is 1. The molecule has 0 saturated heterocycles. The Bertz CT molecular complexity index is 1160. The summed E-state index contributed by atoms with van der Waals surface area (Å²) in [6, 6.07) is 10.8. The van der Waals surface area contributed by atoms with Crippen molar-refractivity contribution in [3.8, 4) is 5.75 Å². The Hall–Kier alpha value is -3.32. The highest BCUT2D eigenvalue weighted by Gasteiger charge is 2.37. The number of carbonyl (C=O) groups excluding carboxylic acids is 1. The molecule has 1 aromatic heterocycles. The number of esters is 1. The molecule has 1 heterocycles. The van der Waals surface area contributed by atoms with Gasteiger partial charge in [-0.05, 0) is 55.7 Å². The molecule has 2 atom stereocenters. The first-order valence-electron chi connectivity index (χ1n) is 10.9. The molecule has 7 nitrogen and oxygen atoms in total. The molecule has 2 aromatic carbocycles. The summed E-state index contributed by atoms with van der Waals surface area (Å²) in [5.41, 5.74) is 2.45. The maximum absolute atomic E-state index is 12.0. The van der Waals surface area contributed by atoms with Crippen molar-refractivity contribution in [3.63, 3.8) is 0 Å². The minimum absolute atomic E-state index is 0.0368. The Morgan fingerprint density at radius 3 is 2.42 bits per heavy atom. The number of aromatic nitrogens is 1. The minimum atomic E-state index is -1.33. The molecule has 33 heavy (non-hydrogen) atoms. The molecule has 3 rings (SSSR count). The average molecular weight is 454 g/mol. The Kier molecular flexibility index (Phi) is 7.12. The van der Waals surface area contributed by atoms with E-state index < -0.39 is 23.5 Å². The first-order valence-corrected chi connectivity index (χ1v) is 10.9. The first kappa shape index (κ1) is 24.3. The molecular weight excluding hydrogens is 422 g/mol. The quantitative estimate of drug-likeness (QED) is 0.392. The number of hydrogen-bond acceptors (Lipinski definition) is 5. The number of aromatic amines is 1. The van der Waals surface area contributed by atoms with Crippen molar-refractivity contribution in [2.24, 2.45) is 5.41 Å². The molecule has 3 N–H and O–H groups in total. The highest BCUT2D eigenvalue weighted by atomic mass is 16.5. The maximum Gasteiger partial charge on any atom is 0.337 e. The summed E-state index contributed by atoms with van der Waals surface area (Å²) in [5, 5.41) is 21.2. The summed E-state index contributed by atoms with van der Waals surface area (Å²) >= 11 is 0. The number of rotatable bonds is 9. The maximum atomic E-state index is 12.0. The second-order valence-corrected chi connectivity index (χ2v) is 8.77. The second-order valence-electron chi connectivity index (χ2n) is 8.77. The number of methoxy groups -OCH3 is 2. The van der Waals surface area contributed by atoms with Gasteiger partial charge in [-0.1, -0.05) is 25.5 Å². The predicted octanol–water partition coefficient (Wildman–Crippen LogP) is 5.04. The topological polar surface area (TPSA) is 109 Å². The van der Waals surface area contributed by atoms with E-state index in [1.807, 2.05) is 24.4 Å². The third-order valence-corrected chi connectivity index (χ3v) is 6.27. The van der Waals surface area contributed by atoms with Crippen LogP contribution in [-0.2, 0) is 9.53 Å². The number of aliphatic hydroxyl groups excluding tert-OH is 1. The fourth-order valence-corrected chi connectivity index (χ4v) is 4.16. The second kappa shape index (κ2) is 9.67. The van der Waals surface area contributed by atoms with Crippen molar-refractivity contribution in [2.45, 2.75) is 45.6 Å². The van der Waals surface area contributed by atoms with Gasteiger partial charge in [0.15, 0.2) is 0 Å². The van der Waals surface area contributed by atoms with Crippen LogP contribution < -0.4 is 4.74 Å². The van der Waals surface area contributed by atoms with Gasteiger partial charge in [0.05, 0.1) is 31.3 Å². The Morgan fingerprint density at radius 2 is 1.82 bits per heavy atom. The average Bonchev–Trinajstić information content (AvgIpc) is 3.23. The predicted molar refractivity (Wildman–Crippen MR) is 126 cm³/mol. The number of aliphatic hydroxyl groups is 1. The molecule has 0 aliphatic heterocycles. The fraction of sp³-hybridized carbons (Fsp3) is 0.385. The van der Waals surface area contributed by atoms with Crippen molar-refractivity contribution in [3.05, 3.63) is 64.8 Å². The third kappa shape index (κ3) is 4.59. The Labute approximate surface area is 193 Å². The first-order chi connectivity index (χ1) is 15.6. The molecule has 0 aliphatic carbocycles. The monoisotopic (exact) mass is 453 g/mol. The van der Waals surface area contributed by atoms with Crippen LogP contribution in [0.2, 0.25) is 0 Å². The van der Waals surface area contributed by atoms with Gasteiger partial charge in [-0.25, -0.2) is 4.79 Å². The largest absolute Gasteiger partial charge is 0.496 e.